The van der Waals surface area contributed by atoms with Gasteiger partial charge in [-0.25, -0.2) is 9.18 Å². The lowest BCUT2D eigenvalue weighted by molar-refractivity contribution is 0.134. The second-order valence-corrected chi connectivity index (χ2v) is 3.05. The molecule has 2 amide bonds. The third-order valence-electron chi connectivity index (χ3n) is 1.93. The van der Waals surface area contributed by atoms with Gasteiger partial charge in [-0.15, -0.1) is 0 Å². The maximum Gasteiger partial charge on any atom is 0.317 e. The predicted octanol–water partition coefficient (Wildman–Crippen LogP) is -0.303. The molecule has 1 heterocycles. The van der Waals surface area contributed by atoms with Gasteiger partial charge >= 0.3 is 6.03 Å². The summed E-state index contributed by atoms with van der Waals surface area (Å²) in [6, 6.07) is -0.487. The first kappa shape index (κ1) is 9.25. The largest absolute Gasteiger partial charge is 0.341 e. The van der Waals surface area contributed by atoms with Gasteiger partial charge < -0.3 is 16.0 Å². The normalized spacial score (nSPS) is 30.1. The molecule has 70 valence electrons. The second kappa shape index (κ2) is 3.71. The van der Waals surface area contributed by atoms with E-state index in [0.717, 1.165) is 0 Å². The van der Waals surface area contributed by atoms with E-state index in [0.29, 0.717) is 13.0 Å². The fraction of sp³-hybridized carbons (Fsp3) is 0.857. The molecule has 0 saturated carbocycles. The summed E-state index contributed by atoms with van der Waals surface area (Å²) in [7, 11) is 1.52. The molecule has 1 aliphatic rings. The average molecular weight is 175 g/mol. The van der Waals surface area contributed by atoms with Gasteiger partial charge in [0.15, 0.2) is 0 Å². The van der Waals surface area contributed by atoms with Crippen LogP contribution in [0.3, 0.4) is 0 Å². The molecule has 0 unspecified atom stereocenters. The Kier molecular flexibility index (Phi) is 2.86. The highest BCUT2D eigenvalue weighted by atomic mass is 19.1. The molecular weight excluding hydrogens is 161 g/mol. The minimum Gasteiger partial charge on any atom is -0.341 e. The van der Waals surface area contributed by atoms with Crippen LogP contribution in [0.25, 0.3) is 0 Å². The van der Waals surface area contributed by atoms with Crippen LogP contribution in [-0.2, 0) is 0 Å². The van der Waals surface area contributed by atoms with Crippen molar-refractivity contribution in [3.05, 3.63) is 0 Å². The van der Waals surface area contributed by atoms with Crippen LogP contribution in [0.5, 0.6) is 0 Å². The molecule has 0 aromatic rings. The van der Waals surface area contributed by atoms with Gasteiger partial charge in [0, 0.05) is 19.6 Å². The van der Waals surface area contributed by atoms with E-state index in [9.17, 15) is 9.18 Å². The van der Waals surface area contributed by atoms with Crippen LogP contribution in [0.2, 0.25) is 0 Å². The summed E-state index contributed by atoms with van der Waals surface area (Å²) in [4.78, 5) is 12.5. The second-order valence-electron chi connectivity index (χ2n) is 3.05. The predicted molar refractivity (Wildman–Crippen MR) is 43.5 cm³/mol. The van der Waals surface area contributed by atoms with Crippen molar-refractivity contribution < 1.29 is 9.18 Å². The molecule has 1 aliphatic heterocycles. The number of likely N-dealkylation sites (tertiary alicyclic amines) is 1. The molecule has 12 heavy (non-hydrogen) atoms. The summed E-state index contributed by atoms with van der Waals surface area (Å²) in [6.45, 7) is 0.605. The van der Waals surface area contributed by atoms with E-state index in [1.807, 2.05) is 0 Å². The standard InChI is InChI=1S/C7H14FN3O/c1-10-7(12)11-3-5(8)2-6(9)4-11/h5-6H,2-4,9H2,1H3,(H,10,12)/t5-,6+/m0/s1. The zero-order valence-corrected chi connectivity index (χ0v) is 7.09. The average Bonchev–Trinajstić information content (AvgIpc) is 2.01. The summed E-state index contributed by atoms with van der Waals surface area (Å²) in [5, 5.41) is 2.44. The summed E-state index contributed by atoms with van der Waals surface area (Å²) >= 11 is 0. The van der Waals surface area contributed by atoms with Gasteiger partial charge in [-0.05, 0) is 6.42 Å². The van der Waals surface area contributed by atoms with Gasteiger partial charge in [0.2, 0.25) is 0 Å². The van der Waals surface area contributed by atoms with Gasteiger partial charge in [-0.3, -0.25) is 0 Å². The molecule has 4 nitrogen and oxygen atoms in total. The number of nitrogens with zero attached hydrogens (tertiary/aromatic N) is 1. The molecule has 3 N–H and O–H groups in total. The Morgan fingerprint density at radius 3 is 2.83 bits per heavy atom. The summed E-state index contributed by atoms with van der Waals surface area (Å²) in [6.07, 6.45) is -0.626. The first-order chi connectivity index (χ1) is 5.63. The van der Waals surface area contributed by atoms with Gasteiger partial charge in [0.05, 0.1) is 6.54 Å². The van der Waals surface area contributed by atoms with E-state index in [-0.39, 0.29) is 18.6 Å². The number of nitrogens with one attached hydrogen (secondary N) is 1. The Bertz CT molecular complexity index is 166. The highest BCUT2D eigenvalue weighted by Gasteiger charge is 2.27. The highest BCUT2D eigenvalue weighted by molar-refractivity contribution is 5.74. The van der Waals surface area contributed by atoms with Crippen LogP contribution in [0.15, 0.2) is 0 Å². The number of hydrogen-bond donors (Lipinski definition) is 2. The lowest BCUT2D eigenvalue weighted by atomic mass is 10.1. The summed E-state index contributed by atoms with van der Waals surface area (Å²) in [5.41, 5.74) is 5.55. The van der Waals surface area contributed by atoms with Crippen molar-refractivity contribution in [1.29, 1.82) is 0 Å². The van der Waals surface area contributed by atoms with Crippen LogP contribution in [0.4, 0.5) is 9.18 Å². The molecule has 0 spiro atoms. The van der Waals surface area contributed by atoms with E-state index >= 15 is 0 Å². The summed E-state index contributed by atoms with van der Waals surface area (Å²) in [5.74, 6) is 0. The number of piperidine rings is 1. The number of nitrogens with two attached hydrogens (primary N) is 1. The first-order valence-corrected chi connectivity index (χ1v) is 3.99. The first-order valence-electron chi connectivity index (χ1n) is 3.99. The van der Waals surface area contributed by atoms with Crippen molar-refractivity contribution in [2.24, 2.45) is 5.73 Å². The van der Waals surface area contributed by atoms with Crippen molar-refractivity contribution in [3.63, 3.8) is 0 Å². The minimum absolute atomic E-state index is 0.160. The van der Waals surface area contributed by atoms with Gasteiger partial charge in [0.1, 0.15) is 6.17 Å². The van der Waals surface area contributed by atoms with Crippen molar-refractivity contribution in [2.75, 3.05) is 20.1 Å². The molecule has 0 aliphatic carbocycles. The van der Waals surface area contributed by atoms with E-state index in [1.54, 1.807) is 0 Å². The lowest BCUT2D eigenvalue weighted by Crippen LogP contribution is -2.52. The lowest BCUT2D eigenvalue weighted by Gasteiger charge is -2.32. The number of carbonyl (C=O) groups excluding carboxylic acids is 1. The molecule has 0 radical (unpaired) electrons. The monoisotopic (exact) mass is 175 g/mol. The van der Waals surface area contributed by atoms with E-state index < -0.39 is 6.17 Å². The fourth-order valence-corrected chi connectivity index (χ4v) is 1.40. The van der Waals surface area contributed by atoms with Gasteiger partial charge in [-0.1, -0.05) is 0 Å². The van der Waals surface area contributed by atoms with Crippen LogP contribution in [0.1, 0.15) is 6.42 Å². The number of urea groups is 1. The molecule has 0 aromatic carbocycles. The minimum atomic E-state index is -0.981. The number of alkyl halides is 1. The summed E-state index contributed by atoms with van der Waals surface area (Å²) < 4.78 is 12.9. The number of carbonyl (C=O) groups is 1. The van der Waals surface area contributed by atoms with Gasteiger partial charge in [-0.2, -0.15) is 0 Å². The van der Waals surface area contributed by atoms with Crippen molar-refractivity contribution in [1.82, 2.24) is 10.2 Å². The molecule has 0 bridgehead atoms. The molecule has 1 fully saturated rings. The van der Waals surface area contributed by atoms with Crippen LogP contribution in [-0.4, -0.2) is 43.3 Å². The molecule has 5 heteroatoms. The third kappa shape index (κ3) is 2.07. The molecule has 0 aromatic heterocycles. The van der Waals surface area contributed by atoms with Crippen LogP contribution in [0, 0.1) is 0 Å². The number of amides is 2. The Morgan fingerprint density at radius 1 is 1.67 bits per heavy atom. The zero-order valence-electron chi connectivity index (χ0n) is 7.09. The number of halogens is 1. The smallest absolute Gasteiger partial charge is 0.317 e. The fourth-order valence-electron chi connectivity index (χ4n) is 1.40. The quantitative estimate of drug-likeness (QED) is 0.531. The third-order valence-corrected chi connectivity index (χ3v) is 1.93. The molecule has 1 saturated heterocycles. The number of hydrogen-bond acceptors (Lipinski definition) is 2. The van der Waals surface area contributed by atoms with Crippen LogP contribution >= 0.6 is 0 Å². The van der Waals surface area contributed by atoms with Crippen LogP contribution < -0.4 is 11.1 Å². The van der Waals surface area contributed by atoms with E-state index in [2.05, 4.69) is 5.32 Å². The van der Waals surface area contributed by atoms with E-state index in [4.69, 9.17) is 5.73 Å². The van der Waals surface area contributed by atoms with E-state index in [1.165, 1.54) is 11.9 Å². The van der Waals surface area contributed by atoms with Crippen molar-refractivity contribution >= 4 is 6.03 Å². The molecule has 2 atom stereocenters. The maximum atomic E-state index is 12.9. The van der Waals surface area contributed by atoms with Crippen molar-refractivity contribution in [2.45, 2.75) is 18.6 Å². The number of rotatable bonds is 0. The molecular formula is C7H14FN3O. The SMILES string of the molecule is CNC(=O)N1C[C@H](N)C[C@H](F)C1. The Hall–Kier alpha value is -0.840. The van der Waals surface area contributed by atoms with Gasteiger partial charge in [0.25, 0.3) is 0 Å². The topological polar surface area (TPSA) is 58.4 Å². The van der Waals surface area contributed by atoms with Crippen molar-refractivity contribution in [3.8, 4) is 0 Å². The zero-order chi connectivity index (χ0) is 9.14. The molecule has 1 rings (SSSR count). The maximum absolute atomic E-state index is 12.9. The highest BCUT2D eigenvalue weighted by Crippen LogP contribution is 2.11. The Balaban J connectivity index is 2.49. The Labute approximate surface area is 70.9 Å². The Morgan fingerprint density at radius 2 is 2.33 bits per heavy atom.